The molecule has 1 aromatic heterocycles. The molecule has 0 fully saturated rings. The lowest BCUT2D eigenvalue weighted by Crippen LogP contribution is -2.16. The Morgan fingerprint density at radius 2 is 1.89 bits per heavy atom. The summed E-state index contributed by atoms with van der Waals surface area (Å²) in [4.78, 5) is 16.2. The fourth-order valence-corrected chi connectivity index (χ4v) is 1.83. The van der Waals surface area contributed by atoms with Crippen molar-refractivity contribution in [2.75, 3.05) is 13.2 Å². The van der Waals surface area contributed by atoms with Crippen LogP contribution in [0.15, 0.2) is 42.6 Å². The zero-order valence-electron chi connectivity index (χ0n) is 9.63. The lowest BCUT2D eigenvalue weighted by Gasteiger charge is -2.18. The number of pyridine rings is 1. The predicted octanol–water partition coefficient (Wildman–Crippen LogP) is 2.08. The third kappa shape index (κ3) is 1.93. The Hall–Kier alpha value is -2.36. The van der Waals surface area contributed by atoms with Crippen LogP contribution in [-0.2, 0) is 0 Å². The van der Waals surface area contributed by atoms with Gasteiger partial charge in [-0.15, -0.1) is 0 Å². The van der Waals surface area contributed by atoms with E-state index >= 15 is 0 Å². The van der Waals surface area contributed by atoms with Crippen LogP contribution in [-0.4, -0.2) is 24.0 Å². The first kappa shape index (κ1) is 10.8. The predicted molar refractivity (Wildman–Crippen MR) is 65.1 cm³/mol. The van der Waals surface area contributed by atoms with Crippen molar-refractivity contribution in [2.24, 2.45) is 0 Å². The molecule has 0 bridgehead atoms. The molecule has 0 N–H and O–H groups in total. The van der Waals surface area contributed by atoms with Crippen molar-refractivity contribution >= 4 is 5.78 Å². The first-order chi connectivity index (χ1) is 8.84. The van der Waals surface area contributed by atoms with Crippen molar-refractivity contribution < 1.29 is 14.3 Å². The van der Waals surface area contributed by atoms with Gasteiger partial charge in [0.2, 0.25) is 5.78 Å². The molecule has 0 aliphatic carbocycles. The molecule has 0 atom stereocenters. The molecule has 0 saturated heterocycles. The fraction of sp³-hybridized carbons (Fsp3) is 0.143. The van der Waals surface area contributed by atoms with E-state index in [1.54, 1.807) is 42.6 Å². The van der Waals surface area contributed by atoms with E-state index in [1.165, 1.54) is 0 Å². The van der Waals surface area contributed by atoms with Gasteiger partial charge in [0.25, 0.3) is 0 Å². The third-order valence-electron chi connectivity index (χ3n) is 2.70. The summed E-state index contributed by atoms with van der Waals surface area (Å²) in [6.45, 7) is 1.05. The van der Waals surface area contributed by atoms with Gasteiger partial charge in [-0.2, -0.15) is 0 Å². The van der Waals surface area contributed by atoms with Crippen molar-refractivity contribution in [3.8, 4) is 11.5 Å². The molecule has 0 unspecified atom stereocenters. The van der Waals surface area contributed by atoms with Crippen molar-refractivity contribution in [3.63, 3.8) is 0 Å². The highest BCUT2D eigenvalue weighted by Crippen LogP contribution is 2.31. The molecule has 1 aliphatic heterocycles. The van der Waals surface area contributed by atoms with Gasteiger partial charge in [-0.05, 0) is 30.3 Å². The molecule has 0 saturated carbocycles. The van der Waals surface area contributed by atoms with Gasteiger partial charge in [-0.3, -0.25) is 9.78 Å². The number of fused-ring (bicyclic) bond motifs is 1. The van der Waals surface area contributed by atoms with Crippen molar-refractivity contribution in [1.82, 2.24) is 4.98 Å². The Morgan fingerprint density at radius 1 is 1.06 bits per heavy atom. The minimum absolute atomic E-state index is 0.118. The summed E-state index contributed by atoms with van der Waals surface area (Å²) < 4.78 is 10.9. The number of ether oxygens (including phenoxy) is 2. The van der Waals surface area contributed by atoms with Crippen molar-refractivity contribution in [1.29, 1.82) is 0 Å². The molecular formula is C14H11NO3. The Kier molecular flexibility index (Phi) is 2.68. The van der Waals surface area contributed by atoms with Gasteiger partial charge in [-0.25, -0.2) is 0 Å². The molecule has 0 radical (unpaired) electrons. The molecule has 3 rings (SSSR count). The summed E-state index contributed by atoms with van der Waals surface area (Å²) in [5.74, 6) is 1.18. The third-order valence-corrected chi connectivity index (χ3v) is 2.70. The summed E-state index contributed by atoms with van der Waals surface area (Å²) in [6, 6.07) is 10.4. The standard InChI is InChI=1S/C14H11NO3/c16-14(11-3-1-2-6-15-11)10-4-5-12-13(9-10)18-8-7-17-12/h1-6,9H,7-8H2. The molecule has 1 aromatic carbocycles. The largest absolute Gasteiger partial charge is 0.486 e. The quantitative estimate of drug-likeness (QED) is 0.755. The normalized spacial score (nSPS) is 13.1. The van der Waals surface area contributed by atoms with Gasteiger partial charge in [0, 0.05) is 11.8 Å². The molecule has 2 aromatic rings. The van der Waals surface area contributed by atoms with Crippen LogP contribution in [0.3, 0.4) is 0 Å². The van der Waals surface area contributed by atoms with Crippen LogP contribution < -0.4 is 9.47 Å². The average Bonchev–Trinajstić information content (AvgIpc) is 2.47. The molecule has 4 nitrogen and oxygen atoms in total. The zero-order valence-corrected chi connectivity index (χ0v) is 9.63. The molecule has 4 heteroatoms. The molecule has 18 heavy (non-hydrogen) atoms. The van der Waals surface area contributed by atoms with E-state index in [4.69, 9.17) is 9.47 Å². The van der Waals surface area contributed by atoms with E-state index in [0.717, 1.165) is 0 Å². The number of hydrogen-bond donors (Lipinski definition) is 0. The lowest BCUT2D eigenvalue weighted by molar-refractivity contribution is 0.103. The van der Waals surface area contributed by atoms with E-state index in [9.17, 15) is 4.79 Å². The topological polar surface area (TPSA) is 48.4 Å². The molecule has 2 heterocycles. The van der Waals surface area contributed by atoms with Crippen LogP contribution in [0.2, 0.25) is 0 Å². The number of rotatable bonds is 2. The number of nitrogens with zero attached hydrogens (tertiary/aromatic N) is 1. The van der Waals surface area contributed by atoms with E-state index in [0.29, 0.717) is 36.0 Å². The summed E-state index contributed by atoms with van der Waals surface area (Å²) >= 11 is 0. The van der Waals surface area contributed by atoms with E-state index in [-0.39, 0.29) is 5.78 Å². The van der Waals surface area contributed by atoms with Crippen LogP contribution in [0.4, 0.5) is 0 Å². The second-order valence-electron chi connectivity index (χ2n) is 3.90. The van der Waals surface area contributed by atoms with E-state index < -0.39 is 0 Å². The summed E-state index contributed by atoms with van der Waals surface area (Å²) in [6.07, 6.45) is 1.60. The first-order valence-corrected chi connectivity index (χ1v) is 5.70. The highest BCUT2D eigenvalue weighted by atomic mass is 16.6. The fourth-order valence-electron chi connectivity index (χ4n) is 1.83. The summed E-state index contributed by atoms with van der Waals surface area (Å²) in [7, 11) is 0. The van der Waals surface area contributed by atoms with Gasteiger partial charge in [0.05, 0.1) is 0 Å². The Labute approximate surface area is 104 Å². The minimum atomic E-state index is -0.118. The van der Waals surface area contributed by atoms with Gasteiger partial charge in [0.15, 0.2) is 11.5 Å². The lowest BCUT2D eigenvalue weighted by atomic mass is 10.1. The number of benzene rings is 1. The molecule has 1 aliphatic rings. The summed E-state index contributed by atoms with van der Waals surface area (Å²) in [5, 5.41) is 0. The van der Waals surface area contributed by atoms with Gasteiger partial charge in [0.1, 0.15) is 18.9 Å². The first-order valence-electron chi connectivity index (χ1n) is 5.70. The van der Waals surface area contributed by atoms with Gasteiger partial charge >= 0.3 is 0 Å². The second kappa shape index (κ2) is 4.49. The number of carbonyl (C=O) groups is 1. The van der Waals surface area contributed by atoms with Gasteiger partial charge in [-0.1, -0.05) is 6.07 Å². The second-order valence-corrected chi connectivity index (χ2v) is 3.90. The Balaban J connectivity index is 1.95. The molecule has 90 valence electrons. The monoisotopic (exact) mass is 241 g/mol. The Morgan fingerprint density at radius 3 is 2.67 bits per heavy atom. The highest BCUT2D eigenvalue weighted by molar-refractivity contribution is 6.08. The maximum Gasteiger partial charge on any atom is 0.211 e. The number of ketones is 1. The zero-order chi connectivity index (χ0) is 12.4. The number of aromatic nitrogens is 1. The smallest absolute Gasteiger partial charge is 0.211 e. The highest BCUT2D eigenvalue weighted by Gasteiger charge is 2.16. The maximum absolute atomic E-state index is 12.2. The van der Waals surface area contributed by atoms with E-state index in [1.807, 2.05) is 0 Å². The number of carbonyl (C=O) groups excluding carboxylic acids is 1. The van der Waals surface area contributed by atoms with E-state index in [2.05, 4.69) is 4.98 Å². The van der Waals surface area contributed by atoms with Crippen LogP contribution in [0, 0.1) is 0 Å². The minimum Gasteiger partial charge on any atom is -0.486 e. The van der Waals surface area contributed by atoms with Crippen LogP contribution in [0.5, 0.6) is 11.5 Å². The van der Waals surface area contributed by atoms with Crippen LogP contribution in [0.25, 0.3) is 0 Å². The van der Waals surface area contributed by atoms with Crippen molar-refractivity contribution in [3.05, 3.63) is 53.9 Å². The molecule has 0 amide bonds. The van der Waals surface area contributed by atoms with Crippen molar-refractivity contribution in [2.45, 2.75) is 0 Å². The average molecular weight is 241 g/mol. The molecular weight excluding hydrogens is 230 g/mol. The molecule has 0 spiro atoms. The number of hydrogen-bond acceptors (Lipinski definition) is 4. The van der Waals surface area contributed by atoms with Gasteiger partial charge < -0.3 is 9.47 Å². The van der Waals surface area contributed by atoms with Crippen LogP contribution >= 0.6 is 0 Å². The Bertz CT molecular complexity index is 581. The maximum atomic E-state index is 12.2. The SMILES string of the molecule is O=C(c1ccc2c(c1)OCCO2)c1ccccn1. The summed E-state index contributed by atoms with van der Waals surface area (Å²) in [5.41, 5.74) is 0.979. The van der Waals surface area contributed by atoms with Crippen LogP contribution in [0.1, 0.15) is 16.1 Å².